The number of thiazole rings is 1. The van der Waals surface area contributed by atoms with Gasteiger partial charge in [0, 0.05) is 30.4 Å². The first-order valence-corrected chi connectivity index (χ1v) is 10.5. The Hall–Kier alpha value is -3.24. The van der Waals surface area contributed by atoms with Gasteiger partial charge in [-0.1, -0.05) is 6.07 Å². The van der Waals surface area contributed by atoms with Gasteiger partial charge in [0.25, 0.3) is 0 Å². The van der Waals surface area contributed by atoms with Crippen molar-refractivity contribution in [3.8, 4) is 10.7 Å². The highest BCUT2D eigenvalue weighted by molar-refractivity contribution is 7.13. The van der Waals surface area contributed by atoms with Crippen LogP contribution in [-0.4, -0.2) is 56.3 Å². The van der Waals surface area contributed by atoms with Crippen LogP contribution in [0.3, 0.4) is 0 Å². The lowest BCUT2D eigenvalue weighted by Gasteiger charge is -2.32. The SMILES string of the molecule is NC(=O)C1CCCN(CC(=O)N(c2ccccn2)c2cc(-c3nccs3)ncn2)C1. The summed E-state index contributed by atoms with van der Waals surface area (Å²) in [5.41, 5.74) is 6.11. The van der Waals surface area contributed by atoms with E-state index in [1.54, 1.807) is 30.6 Å². The molecule has 2 N–H and O–H groups in total. The molecular weight excluding hydrogens is 402 g/mol. The van der Waals surface area contributed by atoms with E-state index in [4.69, 9.17) is 5.73 Å². The van der Waals surface area contributed by atoms with Crippen molar-refractivity contribution in [1.29, 1.82) is 0 Å². The van der Waals surface area contributed by atoms with Gasteiger partial charge >= 0.3 is 0 Å². The minimum atomic E-state index is -0.322. The lowest BCUT2D eigenvalue weighted by molar-refractivity contribution is -0.125. The molecule has 4 heterocycles. The predicted octanol–water partition coefficient (Wildman–Crippen LogP) is 1.86. The van der Waals surface area contributed by atoms with E-state index in [2.05, 4.69) is 19.9 Å². The molecule has 0 aliphatic carbocycles. The average molecular weight is 424 g/mol. The summed E-state index contributed by atoms with van der Waals surface area (Å²) < 4.78 is 0. The van der Waals surface area contributed by atoms with Crippen molar-refractivity contribution in [2.75, 3.05) is 24.5 Å². The third-order valence-electron chi connectivity index (χ3n) is 4.93. The highest BCUT2D eigenvalue weighted by Crippen LogP contribution is 2.27. The molecule has 1 aliphatic heterocycles. The van der Waals surface area contributed by atoms with Crippen LogP contribution >= 0.6 is 11.3 Å². The molecule has 1 fully saturated rings. The summed E-state index contributed by atoms with van der Waals surface area (Å²) in [7, 11) is 0. The molecule has 1 aliphatic rings. The highest BCUT2D eigenvalue weighted by Gasteiger charge is 2.28. The second-order valence-electron chi connectivity index (χ2n) is 6.99. The van der Waals surface area contributed by atoms with Crippen LogP contribution in [0.15, 0.2) is 48.4 Å². The first-order chi connectivity index (χ1) is 14.6. The molecule has 0 spiro atoms. The second kappa shape index (κ2) is 9.06. The van der Waals surface area contributed by atoms with E-state index in [1.165, 1.54) is 22.6 Å². The molecule has 0 saturated carbocycles. The zero-order valence-electron chi connectivity index (χ0n) is 16.2. The number of nitrogens with two attached hydrogens (primary N) is 1. The minimum Gasteiger partial charge on any atom is -0.369 e. The van der Waals surface area contributed by atoms with E-state index in [1.807, 2.05) is 16.3 Å². The molecule has 0 radical (unpaired) electrons. The minimum absolute atomic E-state index is 0.136. The Balaban J connectivity index is 1.62. The van der Waals surface area contributed by atoms with Gasteiger partial charge in [0.1, 0.15) is 28.7 Å². The standard InChI is InChI=1S/C20H21N7O2S/c21-19(29)14-4-3-8-26(11-14)12-18(28)27(16-5-1-2-6-22-16)17-10-15(24-13-25-17)20-23-7-9-30-20/h1-2,5-7,9-10,13-14H,3-4,8,11-12H2,(H2,21,29). The van der Waals surface area contributed by atoms with Crippen molar-refractivity contribution in [2.24, 2.45) is 11.7 Å². The maximum atomic E-state index is 13.3. The summed E-state index contributed by atoms with van der Waals surface area (Å²) in [5, 5.41) is 2.61. The number of carbonyl (C=O) groups excluding carboxylic acids is 2. The van der Waals surface area contributed by atoms with Gasteiger partial charge in [-0.2, -0.15) is 0 Å². The van der Waals surface area contributed by atoms with Crippen molar-refractivity contribution in [1.82, 2.24) is 24.8 Å². The Labute approximate surface area is 177 Å². The van der Waals surface area contributed by atoms with Gasteiger partial charge in [-0.05, 0) is 31.5 Å². The first-order valence-electron chi connectivity index (χ1n) is 9.59. The van der Waals surface area contributed by atoms with Crippen LogP contribution in [0.25, 0.3) is 10.7 Å². The van der Waals surface area contributed by atoms with Crippen molar-refractivity contribution < 1.29 is 9.59 Å². The number of anilines is 2. The van der Waals surface area contributed by atoms with Gasteiger partial charge in [-0.25, -0.2) is 24.8 Å². The number of hydrogen-bond acceptors (Lipinski definition) is 8. The maximum absolute atomic E-state index is 13.3. The van der Waals surface area contributed by atoms with E-state index < -0.39 is 0 Å². The molecule has 30 heavy (non-hydrogen) atoms. The van der Waals surface area contributed by atoms with Crippen LogP contribution in [-0.2, 0) is 9.59 Å². The molecule has 10 heteroatoms. The molecule has 3 aromatic heterocycles. The number of likely N-dealkylation sites (tertiary alicyclic amines) is 1. The number of hydrogen-bond donors (Lipinski definition) is 1. The van der Waals surface area contributed by atoms with E-state index >= 15 is 0 Å². The van der Waals surface area contributed by atoms with Crippen molar-refractivity contribution >= 4 is 34.8 Å². The molecule has 1 atom stereocenters. The topological polar surface area (TPSA) is 118 Å². The lowest BCUT2D eigenvalue weighted by atomic mass is 9.97. The zero-order valence-corrected chi connectivity index (χ0v) is 17.0. The Morgan fingerprint density at radius 3 is 2.80 bits per heavy atom. The number of pyridine rings is 1. The molecule has 4 rings (SSSR count). The van der Waals surface area contributed by atoms with Crippen LogP contribution in [0.5, 0.6) is 0 Å². The number of primary amides is 1. The number of nitrogens with zero attached hydrogens (tertiary/aromatic N) is 6. The third-order valence-corrected chi connectivity index (χ3v) is 5.72. The fraction of sp³-hybridized carbons (Fsp3) is 0.300. The smallest absolute Gasteiger partial charge is 0.248 e. The van der Waals surface area contributed by atoms with Crippen LogP contribution in [0.2, 0.25) is 0 Å². The van der Waals surface area contributed by atoms with E-state index in [0.29, 0.717) is 23.9 Å². The highest BCUT2D eigenvalue weighted by atomic mass is 32.1. The number of amides is 2. The predicted molar refractivity (Wildman–Crippen MR) is 113 cm³/mol. The number of piperidine rings is 1. The molecule has 0 aromatic carbocycles. The van der Waals surface area contributed by atoms with Crippen LogP contribution in [0, 0.1) is 5.92 Å². The fourth-order valence-electron chi connectivity index (χ4n) is 3.49. The number of rotatable bonds is 6. The van der Waals surface area contributed by atoms with Crippen molar-refractivity contribution in [3.05, 3.63) is 48.4 Å². The molecule has 0 bridgehead atoms. The van der Waals surface area contributed by atoms with Gasteiger partial charge in [0.15, 0.2) is 0 Å². The monoisotopic (exact) mass is 423 g/mol. The van der Waals surface area contributed by atoms with Crippen molar-refractivity contribution in [3.63, 3.8) is 0 Å². The molecule has 3 aromatic rings. The van der Waals surface area contributed by atoms with Crippen LogP contribution < -0.4 is 10.6 Å². The molecule has 2 amide bonds. The van der Waals surface area contributed by atoms with E-state index in [-0.39, 0.29) is 24.3 Å². The van der Waals surface area contributed by atoms with E-state index in [0.717, 1.165) is 24.4 Å². The van der Waals surface area contributed by atoms with Gasteiger partial charge < -0.3 is 5.73 Å². The number of aromatic nitrogens is 4. The molecule has 154 valence electrons. The molecular formula is C20H21N7O2S. The summed E-state index contributed by atoms with van der Waals surface area (Å²) in [5.74, 6) is 0.141. The Morgan fingerprint density at radius 2 is 2.07 bits per heavy atom. The zero-order chi connectivity index (χ0) is 20.9. The fourth-order valence-corrected chi connectivity index (χ4v) is 4.09. The maximum Gasteiger partial charge on any atom is 0.248 e. The van der Waals surface area contributed by atoms with Gasteiger partial charge in [-0.3, -0.25) is 14.5 Å². The van der Waals surface area contributed by atoms with Crippen LogP contribution in [0.4, 0.5) is 11.6 Å². The van der Waals surface area contributed by atoms with E-state index in [9.17, 15) is 9.59 Å². The Bertz CT molecular complexity index is 1010. The first kappa shape index (κ1) is 20.0. The lowest BCUT2D eigenvalue weighted by Crippen LogP contribution is -2.46. The normalized spacial score (nSPS) is 16.9. The Kier molecular flexibility index (Phi) is 6.05. The summed E-state index contributed by atoms with van der Waals surface area (Å²) >= 11 is 1.46. The third kappa shape index (κ3) is 4.50. The summed E-state index contributed by atoms with van der Waals surface area (Å²) in [6, 6.07) is 7.09. The quantitative estimate of drug-likeness (QED) is 0.643. The molecule has 1 saturated heterocycles. The summed E-state index contributed by atoms with van der Waals surface area (Å²) in [6.45, 7) is 1.35. The van der Waals surface area contributed by atoms with Gasteiger partial charge in [0.05, 0.1) is 12.5 Å². The number of carbonyl (C=O) groups is 2. The van der Waals surface area contributed by atoms with Crippen LogP contribution in [0.1, 0.15) is 12.8 Å². The summed E-state index contributed by atoms with van der Waals surface area (Å²) in [4.78, 5) is 45.6. The van der Waals surface area contributed by atoms with Gasteiger partial charge in [0.2, 0.25) is 11.8 Å². The van der Waals surface area contributed by atoms with Crippen molar-refractivity contribution in [2.45, 2.75) is 12.8 Å². The Morgan fingerprint density at radius 1 is 1.17 bits per heavy atom. The largest absolute Gasteiger partial charge is 0.369 e. The van der Waals surface area contributed by atoms with Gasteiger partial charge in [-0.15, -0.1) is 11.3 Å². The molecule has 9 nitrogen and oxygen atoms in total. The second-order valence-corrected chi connectivity index (χ2v) is 7.89. The average Bonchev–Trinajstić information content (AvgIpc) is 3.30. The molecule has 1 unspecified atom stereocenters. The summed E-state index contributed by atoms with van der Waals surface area (Å²) in [6.07, 6.45) is 6.33.